The number of rotatable bonds is 1. The molecule has 1 rings (SSSR count). The van der Waals surface area contributed by atoms with Crippen LogP contribution in [0.5, 0.6) is 0 Å². The summed E-state index contributed by atoms with van der Waals surface area (Å²) >= 11 is 0. The van der Waals surface area contributed by atoms with Crippen molar-refractivity contribution in [3.05, 3.63) is 0 Å². The van der Waals surface area contributed by atoms with Crippen LogP contribution in [0.4, 0.5) is 4.39 Å². The Bertz CT molecular complexity index is 303. The molecule has 1 heterocycles. The molecule has 0 saturated carbocycles. The van der Waals surface area contributed by atoms with Gasteiger partial charge in [0.2, 0.25) is 5.91 Å². The zero-order valence-corrected chi connectivity index (χ0v) is 10.2. The van der Waals surface area contributed by atoms with Crippen molar-refractivity contribution in [2.24, 2.45) is 11.3 Å². The van der Waals surface area contributed by atoms with Crippen molar-refractivity contribution < 1.29 is 9.18 Å². The van der Waals surface area contributed by atoms with Gasteiger partial charge in [-0.25, -0.2) is 4.39 Å². The van der Waals surface area contributed by atoms with Gasteiger partial charge in [-0.15, -0.1) is 0 Å². The second kappa shape index (κ2) is 4.82. The summed E-state index contributed by atoms with van der Waals surface area (Å²) in [5, 5.41) is 8.47. The van der Waals surface area contributed by atoms with E-state index in [1.807, 2.05) is 26.8 Å². The molecular formula is C12H19FN2O. The first-order chi connectivity index (χ1) is 7.36. The summed E-state index contributed by atoms with van der Waals surface area (Å²) in [6.07, 6.45) is -0.557. The number of likely N-dealkylation sites (tertiary alicyclic amines) is 1. The number of amides is 1. The minimum absolute atomic E-state index is 0.103. The summed E-state index contributed by atoms with van der Waals surface area (Å²) in [6, 6.07) is 1.84. The van der Waals surface area contributed by atoms with Crippen LogP contribution in [0.1, 0.15) is 33.6 Å². The van der Waals surface area contributed by atoms with Crippen molar-refractivity contribution in [2.45, 2.75) is 39.8 Å². The molecule has 1 amide bonds. The molecule has 2 unspecified atom stereocenters. The third kappa shape index (κ3) is 2.94. The molecule has 3 nitrogen and oxygen atoms in total. The average Bonchev–Trinajstić information content (AvgIpc) is 2.16. The molecule has 1 fully saturated rings. The molecular weight excluding hydrogens is 207 g/mol. The molecule has 0 aromatic carbocycles. The van der Waals surface area contributed by atoms with Crippen LogP contribution in [-0.4, -0.2) is 30.1 Å². The van der Waals surface area contributed by atoms with Gasteiger partial charge < -0.3 is 4.90 Å². The molecule has 0 bridgehead atoms. The summed E-state index contributed by atoms with van der Waals surface area (Å²) in [4.78, 5) is 13.2. The van der Waals surface area contributed by atoms with Gasteiger partial charge in [0, 0.05) is 19.0 Å². The highest BCUT2D eigenvalue weighted by atomic mass is 19.1. The van der Waals surface area contributed by atoms with Crippen molar-refractivity contribution >= 4 is 5.91 Å². The van der Waals surface area contributed by atoms with E-state index in [0.29, 0.717) is 19.5 Å². The largest absolute Gasteiger partial charge is 0.341 e. The minimum atomic E-state index is -0.842. The van der Waals surface area contributed by atoms with Crippen LogP contribution in [0.2, 0.25) is 0 Å². The highest BCUT2D eigenvalue weighted by molar-refractivity contribution is 5.78. The lowest BCUT2D eigenvalue weighted by molar-refractivity contribution is -0.134. The second-order valence-corrected chi connectivity index (χ2v) is 5.45. The van der Waals surface area contributed by atoms with Crippen molar-refractivity contribution in [2.75, 3.05) is 13.1 Å². The molecule has 2 atom stereocenters. The van der Waals surface area contributed by atoms with Crippen molar-refractivity contribution in [3.8, 4) is 6.07 Å². The first-order valence-electron chi connectivity index (χ1n) is 5.65. The van der Waals surface area contributed by atoms with E-state index in [0.717, 1.165) is 0 Å². The molecule has 1 aliphatic rings. The van der Waals surface area contributed by atoms with E-state index in [2.05, 4.69) is 0 Å². The summed E-state index contributed by atoms with van der Waals surface area (Å²) in [6.45, 7) is 6.84. The number of halogens is 1. The number of piperidine rings is 1. The molecule has 0 spiro atoms. The smallest absolute Gasteiger partial charge is 0.236 e. The van der Waals surface area contributed by atoms with Crippen LogP contribution in [0.25, 0.3) is 0 Å². The zero-order valence-electron chi connectivity index (χ0n) is 10.2. The lowest BCUT2D eigenvalue weighted by Crippen LogP contribution is -2.48. The third-order valence-corrected chi connectivity index (χ3v) is 3.22. The maximum absolute atomic E-state index is 13.8. The van der Waals surface area contributed by atoms with Gasteiger partial charge in [0.25, 0.3) is 0 Å². The highest BCUT2D eigenvalue weighted by Gasteiger charge is 2.38. The Morgan fingerprint density at radius 1 is 1.56 bits per heavy atom. The molecule has 0 aromatic rings. The Hall–Kier alpha value is -1.11. The van der Waals surface area contributed by atoms with E-state index in [9.17, 15) is 9.18 Å². The predicted molar refractivity (Wildman–Crippen MR) is 59.3 cm³/mol. The van der Waals surface area contributed by atoms with Gasteiger partial charge in [0.05, 0.1) is 6.07 Å². The number of hydrogen-bond acceptors (Lipinski definition) is 2. The number of nitrogens with zero attached hydrogens (tertiary/aromatic N) is 2. The van der Waals surface area contributed by atoms with Gasteiger partial charge in [0.15, 0.2) is 0 Å². The predicted octanol–water partition coefficient (Wildman–Crippen LogP) is 2.13. The standard InChI is InChI=1S/C12H19FN2O/c1-12(2,3)9-8-15(7-5-10(9)13)11(16)4-6-14/h9-10H,4-5,7-8H2,1-3H3. The molecule has 90 valence electrons. The van der Waals surface area contributed by atoms with Crippen LogP contribution in [-0.2, 0) is 4.79 Å². The summed E-state index contributed by atoms with van der Waals surface area (Å²) in [7, 11) is 0. The molecule has 0 N–H and O–H groups in total. The Morgan fingerprint density at radius 2 is 2.19 bits per heavy atom. The van der Waals surface area contributed by atoms with E-state index >= 15 is 0 Å². The topological polar surface area (TPSA) is 44.1 Å². The number of nitriles is 1. The number of carbonyl (C=O) groups is 1. The second-order valence-electron chi connectivity index (χ2n) is 5.45. The Morgan fingerprint density at radius 3 is 2.69 bits per heavy atom. The maximum atomic E-state index is 13.8. The van der Waals surface area contributed by atoms with E-state index in [1.54, 1.807) is 4.90 Å². The van der Waals surface area contributed by atoms with E-state index < -0.39 is 6.17 Å². The average molecular weight is 226 g/mol. The molecule has 0 aliphatic carbocycles. The molecule has 0 aromatic heterocycles. The van der Waals surface area contributed by atoms with Gasteiger partial charge in [-0.1, -0.05) is 20.8 Å². The lowest BCUT2D eigenvalue weighted by atomic mass is 9.75. The molecule has 16 heavy (non-hydrogen) atoms. The Labute approximate surface area is 96.2 Å². The van der Waals surface area contributed by atoms with Gasteiger partial charge in [-0.05, 0) is 11.8 Å². The fraction of sp³-hybridized carbons (Fsp3) is 0.833. The lowest BCUT2D eigenvalue weighted by Gasteiger charge is -2.41. The Balaban J connectivity index is 2.68. The zero-order chi connectivity index (χ0) is 12.3. The first kappa shape index (κ1) is 13.0. The van der Waals surface area contributed by atoms with Crippen molar-refractivity contribution in [1.29, 1.82) is 5.26 Å². The first-order valence-corrected chi connectivity index (χ1v) is 5.65. The van der Waals surface area contributed by atoms with Gasteiger partial charge in [-0.3, -0.25) is 4.79 Å². The molecule has 4 heteroatoms. The fourth-order valence-corrected chi connectivity index (χ4v) is 2.15. The normalized spacial score (nSPS) is 26.3. The maximum Gasteiger partial charge on any atom is 0.236 e. The van der Waals surface area contributed by atoms with Crippen LogP contribution in [0.3, 0.4) is 0 Å². The van der Waals surface area contributed by atoms with Crippen molar-refractivity contribution in [1.82, 2.24) is 4.90 Å². The Kier molecular flexibility index (Phi) is 3.90. The highest BCUT2D eigenvalue weighted by Crippen LogP contribution is 2.35. The van der Waals surface area contributed by atoms with Gasteiger partial charge in [-0.2, -0.15) is 5.26 Å². The third-order valence-electron chi connectivity index (χ3n) is 3.22. The van der Waals surface area contributed by atoms with E-state index in [-0.39, 0.29) is 23.7 Å². The number of carbonyl (C=O) groups excluding carboxylic acids is 1. The summed E-state index contributed by atoms with van der Waals surface area (Å²) < 4.78 is 13.8. The van der Waals surface area contributed by atoms with Crippen LogP contribution >= 0.6 is 0 Å². The minimum Gasteiger partial charge on any atom is -0.341 e. The quantitative estimate of drug-likeness (QED) is 0.687. The molecule has 1 aliphatic heterocycles. The van der Waals surface area contributed by atoms with E-state index in [1.165, 1.54) is 0 Å². The van der Waals surface area contributed by atoms with Crippen LogP contribution in [0, 0.1) is 22.7 Å². The summed E-state index contributed by atoms with van der Waals surface area (Å²) in [5.74, 6) is -0.312. The van der Waals surface area contributed by atoms with Gasteiger partial charge in [0.1, 0.15) is 12.6 Å². The van der Waals surface area contributed by atoms with Crippen LogP contribution in [0.15, 0.2) is 0 Å². The molecule has 1 saturated heterocycles. The molecule has 0 radical (unpaired) electrons. The van der Waals surface area contributed by atoms with Crippen LogP contribution < -0.4 is 0 Å². The fourth-order valence-electron chi connectivity index (χ4n) is 2.15. The van der Waals surface area contributed by atoms with E-state index in [4.69, 9.17) is 5.26 Å². The SMILES string of the molecule is CC(C)(C)C1CN(C(=O)CC#N)CCC1F. The number of hydrogen-bond donors (Lipinski definition) is 0. The number of alkyl halides is 1. The van der Waals surface area contributed by atoms with Gasteiger partial charge >= 0.3 is 0 Å². The monoisotopic (exact) mass is 226 g/mol. The van der Waals surface area contributed by atoms with Crippen molar-refractivity contribution in [3.63, 3.8) is 0 Å². The summed E-state index contributed by atoms with van der Waals surface area (Å²) in [5.41, 5.74) is -0.148.